The van der Waals surface area contributed by atoms with E-state index < -0.39 is 0 Å². The lowest BCUT2D eigenvalue weighted by molar-refractivity contribution is -0.145. The first kappa shape index (κ1) is 18.4. The summed E-state index contributed by atoms with van der Waals surface area (Å²) in [5.74, 6) is 0.641. The molecule has 2 heteroatoms. The molecule has 19 heavy (non-hydrogen) atoms. The van der Waals surface area contributed by atoms with Gasteiger partial charge in [-0.25, -0.2) is 0 Å². The minimum Gasteiger partial charge on any atom is -0.319 e. The second-order valence-electron chi connectivity index (χ2n) is 7.18. The molecule has 0 aliphatic carbocycles. The van der Waals surface area contributed by atoms with Crippen LogP contribution in [0.5, 0.6) is 0 Å². The molecule has 0 amide bonds. The van der Waals surface area contributed by atoms with Crippen molar-refractivity contribution >= 4 is 5.78 Å². The quantitative estimate of drug-likeness (QED) is 0.672. The summed E-state index contributed by atoms with van der Waals surface area (Å²) >= 11 is 0. The standard InChI is InChI=1S/C17H33NO/c1-10-13(3)16(6,7)17(8,11-2)14(19)15(4,5)12-18-9/h10,13,18H,1,11-12H2,2-9H3. The molecule has 0 bridgehead atoms. The molecule has 2 atom stereocenters. The van der Waals surface area contributed by atoms with Crippen molar-refractivity contribution in [2.45, 2.75) is 54.9 Å². The third-order valence-corrected chi connectivity index (χ3v) is 5.36. The molecule has 0 fully saturated rings. The molecule has 0 radical (unpaired) electrons. The third-order valence-electron chi connectivity index (χ3n) is 5.36. The van der Waals surface area contributed by atoms with Crippen molar-refractivity contribution in [2.75, 3.05) is 13.6 Å². The molecule has 0 rings (SSSR count). The lowest BCUT2D eigenvalue weighted by Crippen LogP contribution is -2.52. The van der Waals surface area contributed by atoms with Crippen LogP contribution < -0.4 is 5.32 Å². The fourth-order valence-electron chi connectivity index (χ4n) is 2.97. The van der Waals surface area contributed by atoms with Crippen molar-refractivity contribution < 1.29 is 4.79 Å². The van der Waals surface area contributed by atoms with Gasteiger partial charge in [0.05, 0.1) is 0 Å². The zero-order valence-corrected chi connectivity index (χ0v) is 14.2. The van der Waals surface area contributed by atoms with E-state index in [0.29, 0.717) is 18.2 Å². The van der Waals surface area contributed by atoms with E-state index in [-0.39, 0.29) is 16.2 Å². The highest BCUT2D eigenvalue weighted by molar-refractivity contribution is 5.90. The summed E-state index contributed by atoms with van der Waals surface area (Å²) in [6.07, 6.45) is 2.82. The van der Waals surface area contributed by atoms with E-state index in [2.05, 4.69) is 46.5 Å². The molecule has 112 valence electrons. The van der Waals surface area contributed by atoms with Gasteiger partial charge >= 0.3 is 0 Å². The van der Waals surface area contributed by atoms with E-state index in [1.807, 2.05) is 27.0 Å². The van der Waals surface area contributed by atoms with Gasteiger partial charge in [-0.15, -0.1) is 6.58 Å². The molecule has 2 unspecified atom stereocenters. The Morgan fingerprint density at radius 3 is 2.05 bits per heavy atom. The zero-order valence-electron chi connectivity index (χ0n) is 14.2. The van der Waals surface area contributed by atoms with Crippen molar-refractivity contribution in [3.63, 3.8) is 0 Å². The lowest BCUT2D eigenvalue weighted by atomic mass is 9.54. The molecule has 0 aromatic carbocycles. The summed E-state index contributed by atoms with van der Waals surface area (Å²) in [4.78, 5) is 13.1. The average Bonchev–Trinajstić information content (AvgIpc) is 2.35. The van der Waals surface area contributed by atoms with Crippen LogP contribution in [0.3, 0.4) is 0 Å². The van der Waals surface area contributed by atoms with Gasteiger partial charge in [-0.3, -0.25) is 4.79 Å². The molecular formula is C17H33NO. The number of allylic oxidation sites excluding steroid dienone is 1. The molecule has 0 aliphatic rings. The molecule has 0 aliphatic heterocycles. The molecule has 0 heterocycles. The number of rotatable bonds is 8. The first-order valence-electron chi connectivity index (χ1n) is 7.33. The van der Waals surface area contributed by atoms with Crippen LogP contribution in [0.15, 0.2) is 12.7 Å². The summed E-state index contributed by atoms with van der Waals surface area (Å²) in [6, 6.07) is 0. The first-order chi connectivity index (χ1) is 8.51. The number of ketones is 1. The minimum absolute atomic E-state index is 0.106. The van der Waals surface area contributed by atoms with Crippen LogP contribution in [0, 0.1) is 22.2 Å². The third kappa shape index (κ3) is 3.28. The number of carbonyl (C=O) groups excluding carboxylic acids is 1. The van der Waals surface area contributed by atoms with Crippen LogP contribution in [0.1, 0.15) is 54.9 Å². The molecule has 1 N–H and O–H groups in total. The predicted molar refractivity (Wildman–Crippen MR) is 84.3 cm³/mol. The van der Waals surface area contributed by atoms with Crippen molar-refractivity contribution in [3.8, 4) is 0 Å². The van der Waals surface area contributed by atoms with Crippen molar-refractivity contribution in [1.29, 1.82) is 0 Å². The number of carbonyl (C=O) groups is 1. The Bertz CT molecular complexity index is 330. The van der Waals surface area contributed by atoms with Crippen molar-refractivity contribution in [2.24, 2.45) is 22.2 Å². The average molecular weight is 267 g/mol. The van der Waals surface area contributed by atoms with Gasteiger partial charge in [-0.05, 0) is 24.8 Å². The van der Waals surface area contributed by atoms with E-state index in [4.69, 9.17) is 0 Å². The highest BCUT2D eigenvalue weighted by atomic mass is 16.1. The zero-order chi connectivity index (χ0) is 15.5. The number of hydrogen-bond acceptors (Lipinski definition) is 2. The Morgan fingerprint density at radius 2 is 1.74 bits per heavy atom. The molecule has 0 aromatic heterocycles. The van der Waals surface area contributed by atoms with E-state index >= 15 is 0 Å². The van der Waals surface area contributed by atoms with Gasteiger partial charge < -0.3 is 5.32 Å². The summed E-state index contributed by atoms with van der Waals surface area (Å²) in [7, 11) is 1.90. The number of Topliss-reactive ketones (excluding diaryl/α,β-unsaturated/α-hetero) is 1. The molecule has 0 spiro atoms. The van der Waals surface area contributed by atoms with Gasteiger partial charge in [-0.2, -0.15) is 0 Å². The minimum atomic E-state index is -0.350. The van der Waals surface area contributed by atoms with Gasteiger partial charge in [0.15, 0.2) is 0 Å². The topological polar surface area (TPSA) is 29.1 Å². The van der Waals surface area contributed by atoms with Gasteiger partial charge in [0.2, 0.25) is 0 Å². The summed E-state index contributed by atoms with van der Waals surface area (Å²) < 4.78 is 0. The summed E-state index contributed by atoms with van der Waals surface area (Å²) in [5, 5.41) is 3.14. The molecule has 0 saturated carbocycles. The van der Waals surface area contributed by atoms with Crippen LogP contribution in [0.4, 0.5) is 0 Å². The van der Waals surface area contributed by atoms with Crippen LogP contribution in [0.25, 0.3) is 0 Å². The van der Waals surface area contributed by atoms with Gasteiger partial charge in [0.25, 0.3) is 0 Å². The lowest BCUT2D eigenvalue weighted by Gasteiger charge is -2.49. The Hall–Kier alpha value is -0.630. The Kier molecular flexibility index (Phi) is 6.01. The van der Waals surface area contributed by atoms with E-state index in [1.165, 1.54) is 0 Å². The van der Waals surface area contributed by atoms with Crippen LogP contribution >= 0.6 is 0 Å². The monoisotopic (exact) mass is 267 g/mol. The smallest absolute Gasteiger partial charge is 0.146 e. The van der Waals surface area contributed by atoms with Crippen molar-refractivity contribution in [3.05, 3.63) is 12.7 Å². The van der Waals surface area contributed by atoms with Crippen LogP contribution in [-0.2, 0) is 4.79 Å². The molecular weight excluding hydrogens is 234 g/mol. The number of hydrogen-bond donors (Lipinski definition) is 1. The van der Waals surface area contributed by atoms with Crippen LogP contribution in [-0.4, -0.2) is 19.4 Å². The van der Waals surface area contributed by atoms with E-state index in [0.717, 1.165) is 6.42 Å². The van der Waals surface area contributed by atoms with E-state index in [9.17, 15) is 4.79 Å². The van der Waals surface area contributed by atoms with Crippen molar-refractivity contribution in [1.82, 2.24) is 5.32 Å². The maximum Gasteiger partial charge on any atom is 0.146 e. The predicted octanol–water partition coefficient (Wildman–Crippen LogP) is 4.07. The Balaban J connectivity index is 5.61. The SMILES string of the molecule is C=CC(C)C(C)(C)C(C)(CC)C(=O)C(C)(C)CNC. The second kappa shape index (κ2) is 6.21. The normalized spacial score (nSPS) is 17.7. The van der Waals surface area contributed by atoms with Gasteiger partial charge in [0, 0.05) is 17.4 Å². The highest BCUT2D eigenvalue weighted by Gasteiger charge is 2.51. The second-order valence-corrected chi connectivity index (χ2v) is 7.18. The molecule has 0 saturated heterocycles. The first-order valence-corrected chi connectivity index (χ1v) is 7.33. The van der Waals surface area contributed by atoms with Gasteiger partial charge in [0.1, 0.15) is 5.78 Å². The molecule has 0 aromatic rings. The number of nitrogens with one attached hydrogen (secondary N) is 1. The fraction of sp³-hybridized carbons (Fsp3) is 0.824. The molecule has 2 nitrogen and oxygen atoms in total. The van der Waals surface area contributed by atoms with E-state index in [1.54, 1.807) is 0 Å². The Morgan fingerprint density at radius 1 is 1.26 bits per heavy atom. The van der Waals surface area contributed by atoms with Crippen LogP contribution in [0.2, 0.25) is 0 Å². The summed E-state index contributed by atoms with van der Waals surface area (Å²) in [6.45, 7) is 19.5. The largest absolute Gasteiger partial charge is 0.319 e. The van der Waals surface area contributed by atoms with Gasteiger partial charge in [-0.1, -0.05) is 54.5 Å². The maximum atomic E-state index is 13.1. The Labute approximate surface area is 120 Å². The highest BCUT2D eigenvalue weighted by Crippen LogP contribution is 2.50. The summed E-state index contributed by atoms with van der Waals surface area (Å²) in [5.41, 5.74) is -0.801. The fourth-order valence-corrected chi connectivity index (χ4v) is 2.97. The maximum absolute atomic E-state index is 13.1.